The van der Waals surface area contributed by atoms with Gasteiger partial charge in [0.15, 0.2) is 0 Å². The van der Waals surface area contributed by atoms with E-state index in [1.807, 2.05) is 0 Å². The van der Waals surface area contributed by atoms with Gasteiger partial charge in [0.2, 0.25) is 0 Å². The maximum Gasteiger partial charge on any atom is 0.270 e. The highest BCUT2D eigenvalue weighted by atomic mass is 16.6. The summed E-state index contributed by atoms with van der Waals surface area (Å²) in [5.41, 5.74) is 0.00633. The van der Waals surface area contributed by atoms with Crippen LogP contribution in [0, 0.1) is 10.1 Å². The minimum Gasteiger partial charge on any atom is -0.457 e. The van der Waals surface area contributed by atoms with E-state index in [1.165, 1.54) is 30.5 Å². The highest BCUT2D eigenvalue weighted by Gasteiger charge is 2.12. The number of hydrogen-bond acceptors (Lipinski definition) is 6. The molecule has 0 aliphatic carbocycles. The fourth-order valence-corrected chi connectivity index (χ4v) is 2.03. The maximum absolute atomic E-state index is 12.2. The minimum atomic E-state index is -0.557. The smallest absolute Gasteiger partial charge is 0.270 e. The Morgan fingerprint density at radius 2 is 1.80 bits per heavy atom. The molecule has 0 aliphatic rings. The molecule has 1 amide bonds. The zero-order chi connectivity index (χ0) is 17.6. The molecule has 1 aromatic carbocycles. The van der Waals surface area contributed by atoms with Gasteiger partial charge in [-0.25, -0.2) is 4.98 Å². The third kappa shape index (κ3) is 4.14. The molecule has 0 saturated carbocycles. The van der Waals surface area contributed by atoms with Gasteiger partial charge in [0, 0.05) is 42.4 Å². The predicted octanol–water partition coefficient (Wildman–Crippen LogP) is 3.43. The van der Waals surface area contributed by atoms with Gasteiger partial charge in [-0.3, -0.25) is 19.9 Å². The van der Waals surface area contributed by atoms with E-state index in [0.717, 1.165) is 0 Å². The molecule has 8 heteroatoms. The van der Waals surface area contributed by atoms with Gasteiger partial charge in [-0.1, -0.05) is 6.07 Å². The number of anilines is 1. The maximum atomic E-state index is 12.2. The van der Waals surface area contributed by atoms with Crippen molar-refractivity contribution in [3.05, 3.63) is 82.8 Å². The van der Waals surface area contributed by atoms with E-state index in [9.17, 15) is 14.9 Å². The molecule has 0 spiro atoms. The van der Waals surface area contributed by atoms with Crippen LogP contribution >= 0.6 is 0 Å². The molecule has 124 valence electrons. The standard InChI is InChI=1S/C17H12N4O4/c22-17(12-2-1-3-13(10-12)21(23)24)20-16-11-15(6-9-19-16)25-14-4-7-18-8-5-14/h1-11H,(H,19,20,22). The van der Waals surface area contributed by atoms with Crippen LogP contribution in [0.4, 0.5) is 11.5 Å². The lowest BCUT2D eigenvalue weighted by atomic mass is 10.2. The zero-order valence-corrected chi connectivity index (χ0v) is 12.8. The number of benzene rings is 1. The molecule has 0 aliphatic heterocycles. The molecule has 0 saturated heterocycles. The molecular weight excluding hydrogens is 324 g/mol. The zero-order valence-electron chi connectivity index (χ0n) is 12.8. The van der Waals surface area contributed by atoms with Crippen molar-refractivity contribution in [3.8, 4) is 11.5 Å². The number of non-ortho nitro benzene ring substituents is 1. The SMILES string of the molecule is O=C(Nc1cc(Oc2ccncc2)ccn1)c1cccc([N+](=O)[O-])c1. The van der Waals surface area contributed by atoms with E-state index in [2.05, 4.69) is 15.3 Å². The number of nitrogens with one attached hydrogen (secondary N) is 1. The van der Waals surface area contributed by atoms with Crippen LogP contribution in [0.5, 0.6) is 11.5 Å². The third-order valence-electron chi connectivity index (χ3n) is 3.18. The third-order valence-corrected chi connectivity index (χ3v) is 3.18. The molecule has 0 unspecified atom stereocenters. The Morgan fingerprint density at radius 1 is 1.04 bits per heavy atom. The van der Waals surface area contributed by atoms with Crippen molar-refractivity contribution in [3.63, 3.8) is 0 Å². The normalized spacial score (nSPS) is 10.1. The van der Waals surface area contributed by atoms with E-state index in [-0.39, 0.29) is 17.1 Å². The summed E-state index contributed by atoms with van der Waals surface area (Å²) in [7, 11) is 0. The van der Waals surface area contributed by atoms with Gasteiger partial charge in [0.05, 0.1) is 4.92 Å². The van der Waals surface area contributed by atoms with Crippen LogP contribution in [0.2, 0.25) is 0 Å². The first-order valence-corrected chi connectivity index (χ1v) is 7.21. The average molecular weight is 336 g/mol. The Balaban J connectivity index is 1.74. The number of carbonyl (C=O) groups is 1. The Morgan fingerprint density at radius 3 is 2.56 bits per heavy atom. The van der Waals surface area contributed by atoms with Crippen molar-refractivity contribution >= 4 is 17.4 Å². The van der Waals surface area contributed by atoms with E-state index >= 15 is 0 Å². The number of amides is 1. The lowest BCUT2D eigenvalue weighted by molar-refractivity contribution is -0.384. The van der Waals surface area contributed by atoms with Crippen LogP contribution in [0.1, 0.15) is 10.4 Å². The Labute approximate surface area is 142 Å². The van der Waals surface area contributed by atoms with Crippen LogP contribution in [0.3, 0.4) is 0 Å². The number of aromatic nitrogens is 2. The van der Waals surface area contributed by atoms with Crippen molar-refractivity contribution < 1.29 is 14.5 Å². The number of carbonyl (C=O) groups excluding carboxylic acids is 1. The summed E-state index contributed by atoms with van der Waals surface area (Å²) >= 11 is 0. The summed E-state index contributed by atoms with van der Waals surface area (Å²) in [5, 5.41) is 13.4. The predicted molar refractivity (Wildman–Crippen MR) is 89.6 cm³/mol. The number of ether oxygens (including phenoxy) is 1. The molecular formula is C17H12N4O4. The summed E-state index contributed by atoms with van der Waals surface area (Å²) in [6.07, 6.45) is 4.68. The van der Waals surface area contributed by atoms with Crippen LogP contribution in [-0.4, -0.2) is 20.8 Å². The van der Waals surface area contributed by atoms with Crippen molar-refractivity contribution in [2.24, 2.45) is 0 Å². The van der Waals surface area contributed by atoms with Crippen LogP contribution in [0.15, 0.2) is 67.1 Å². The molecule has 0 radical (unpaired) electrons. The van der Waals surface area contributed by atoms with E-state index in [0.29, 0.717) is 11.5 Å². The molecule has 0 fully saturated rings. The summed E-state index contributed by atoms with van der Waals surface area (Å²) < 4.78 is 5.64. The Kier molecular flexibility index (Phi) is 4.61. The summed E-state index contributed by atoms with van der Waals surface area (Å²) in [6.45, 7) is 0. The van der Waals surface area contributed by atoms with E-state index in [1.54, 1.807) is 36.7 Å². The van der Waals surface area contributed by atoms with Gasteiger partial charge in [0.1, 0.15) is 17.3 Å². The van der Waals surface area contributed by atoms with Crippen molar-refractivity contribution in [2.75, 3.05) is 5.32 Å². The summed E-state index contributed by atoms with van der Waals surface area (Å²) in [4.78, 5) is 30.4. The number of hydrogen-bond donors (Lipinski definition) is 1. The van der Waals surface area contributed by atoms with Gasteiger partial charge in [0.25, 0.3) is 11.6 Å². The molecule has 2 heterocycles. The largest absolute Gasteiger partial charge is 0.457 e. The molecule has 8 nitrogen and oxygen atoms in total. The minimum absolute atomic E-state index is 0.157. The number of nitro groups is 1. The topological polar surface area (TPSA) is 107 Å². The molecule has 1 N–H and O–H groups in total. The Hall–Kier alpha value is -3.81. The van der Waals surface area contributed by atoms with Gasteiger partial charge in [-0.2, -0.15) is 0 Å². The first-order valence-electron chi connectivity index (χ1n) is 7.21. The van der Waals surface area contributed by atoms with Gasteiger partial charge >= 0.3 is 0 Å². The highest BCUT2D eigenvalue weighted by molar-refractivity contribution is 6.04. The van der Waals surface area contributed by atoms with Gasteiger partial charge in [-0.05, 0) is 24.3 Å². The highest BCUT2D eigenvalue weighted by Crippen LogP contribution is 2.22. The number of rotatable bonds is 5. The van der Waals surface area contributed by atoms with Crippen molar-refractivity contribution in [1.82, 2.24) is 9.97 Å². The fraction of sp³-hybridized carbons (Fsp3) is 0. The van der Waals surface area contributed by atoms with Crippen LogP contribution in [0.25, 0.3) is 0 Å². The second-order valence-corrected chi connectivity index (χ2v) is 4.92. The molecule has 3 aromatic rings. The lowest BCUT2D eigenvalue weighted by Crippen LogP contribution is -2.13. The molecule has 2 aromatic heterocycles. The van der Waals surface area contributed by atoms with Gasteiger partial charge in [-0.15, -0.1) is 0 Å². The van der Waals surface area contributed by atoms with Crippen molar-refractivity contribution in [1.29, 1.82) is 0 Å². The second-order valence-electron chi connectivity index (χ2n) is 4.92. The van der Waals surface area contributed by atoms with Crippen LogP contribution < -0.4 is 10.1 Å². The quantitative estimate of drug-likeness (QED) is 0.565. The fourth-order valence-electron chi connectivity index (χ4n) is 2.03. The lowest BCUT2D eigenvalue weighted by Gasteiger charge is -2.08. The molecule has 0 atom stereocenters. The number of pyridine rings is 2. The average Bonchev–Trinajstić information content (AvgIpc) is 2.63. The van der Waals surface area contributed by atoms with E-state index < -0.39 is 10.8 Å². The Bertz CT molecular complexity index is 915. The number of nitro benzene ring substituents is 1. The van der Waals surface area contributed by atoms with Gasteiger partial charge < -0.3 is 10.1 Å². The first kappa shape index (κ1) is 16.1. The monoisotopic (exact) mass is 336 g/mol. The van der Waals surface area contributed by atoms with E-state index in [4.69, 9.17) is 4.74 Å². The molecule has 3 rings (SSSR count). The molecule has 25 heavy (non-hydrogen) atoms. The number of nitrogens with zero attached hydrogens (tertiary/aromatic N) is 3. The van der Waals surface area contributed by atoms with Crippen molar-refractivity contribution in [2.45, 2.75) is 0 Å². The molecule has 0 bridgehead atoms. The van der Waals surface area contributed by atoms with Crippen LogP contribution in [-0.2, 0) is 0 Å². The summed E-state index contributed by atoms with van der Waals surface area (Å²) in [5.74, 6) is 0.841. The first-order chi connectivity index (χ1) is 12.1. The second kappa shape index (κ2) is 7.18. The summed E-state index contributed by atoms with van der Waals surface area (Å²) in [6, 6.07) is 12.0.